The van der Waals surface area contributed by atoms with Gasteiger partial charge < -0.3 is 5.73 Å². The molecular weight excluding hydrogens is 254 g/mol. The molecule has 0 aromatic heterocycles. The number of hydrogen-bond acceptors (Lipinski definition) is 4. The number of piperidine rings is 1. The predicted molar refractivity (Wildman–Crippen MR) is 85.8 cm³/mol. The molecule has 0 aliphatic carbocycles. The summed E-state index contributed by atoms with van der Waals surface area (Å²) in [4.78, 5) is 5.33. The van der Waals surface area contributed by atoms with Crippen molar-refractivity contribution in [2.45, 2.75) is 56.7 Å². The first kappa shape index (κ1) is 15.6. The summed E-state index contributed by atoms with van der Waals surface area (Å²) < 4.78 is 0. The van der Waals surface area contributed by atoms with E-state index in [4.69, 9.17) is 5.73 Å². The van der Waals surface area contributed by atoms with E-state index in [1.54, 1.807) is 0 Å². The Balaban J connectivity index is 2.08. The van der Waals surface area contributed by atoms with Crippen LogP contribution in [0.15, 0.2) is 0 Å². The van der Waals surface area contributed by atoms with E-state index in [1.807, 2.05) is 11.8 Å². The minimum atomic E-state index is 0.234. The number of likely N-dealkylation sites (N-methyl/N-ethyl adjacent to an activating group) is 1. The van der Waals surface area contributed by atoms with E-state index in [2.05, 4.69) is 30.0 Å². The SMILES string of the molecule is CSCCC(C)N(C)C1(CN)CCN2CCCCC21. The standard InChI is InChI=1S/C15H31N3S/c1-13(7-11-19-3)17(2)15(12-16)8-10-18-9-5-4-6-14(15)18/h13-14H,4-12,16H2,1-3H3. The molecule has 2 rings (SSSR count). The number of nitrogens with two attached hydrogens (primary N) is 1. The molecule has 2 N–H and O–H groups in total. The van der Waals surface area contributed by atoms with E-state index in [-0.39, 0.29) is 5.54 Å². The molecule has 2 heterocycles. The van der Waals surface area contributed by atoms with Crippen LogP contribution in [0.2, 0.25) is 0 Å². The Labute approximate surface area is 123 Å². The second-order valence-corrected chi connectivity index (χ2v) is 7.33. The average molecular weight is 286 g/mol. The van der Waals surface area contributed by atoms with Gasteiger partial charge in [-0.15, -0.1) is 0 Å². The van der Waals surface area contributed by atoms with Crippen LogP contribution in [0.25, 0.3) is 0 Å². The van der Waals surface area contributed by atoms with Crippen molar-refractivity contribution < 1.29 is 0 Å². The lowest BCUT2D eigenvalue weighted by Crippen LogP contribution is -2.62. The highest BCUT2D eigenvalue weighted by molar-refractivity contribution is 7.98. The Morgan fingerprint density at radius 3 is 2.89 bits per heavy atom. The molecule has 19 heavy (non-hydrogen) atoms. The van der Waals surface area contributed by atoms with E-state index < -0.39 is 0 Å². The number of hydrogen-bond donors (Lipinski definition) is 1. The third kappa shape index (κ3) is 2.97. The van der Waals surface area contributed by atoms with Gasteiger partial charge in [-0.1, -0.05) is 6.42 Å². The van der Waals surface area contributed by atoms with Gasteiger partial charge in [0.25, 0.3) is 0 Å². The van der Waals surface area contributed by atoms with Gasteiger partial charge in [-0.05, 0) is 58.2 Å². The Morgan fingerprint density at radius 2 is 2.21 bits per heavy atom. The first-order valence-corrected chi connectivity index (χ1v) is 9.21. The molecule has 0 aromatic carbocycles. The maximum Gasteiger partial charge on any atom is 0.0498 e. The highest BCUT2D eigenvalue weighted by Gasteiger charge is 2.50. The molecule has 2 aliphatic heterocycles. The van der Waals surface area contributed by atoms with Gasteiger partial charge in [0, 0.05) is 30.7 Å². The normalized spacial score (nSPS) is 33.6. The molecule has 0 amide bonds. The summed E-state index contributed by atoms with van der Waals surface area (Å²) in [6.45, 7) is 5.73. The quantitative estimate of drug-likeness (QED) is 0.809. The lowest BCUT2D eigenvalue weighted by atomic mass is 9.83. The molecule has 2 aliphatic rings. The third-order valence-corrected chi connectivity index (χ3v) is 6.17. The van der Waals surface area contributed by atoms with Crippen molar-refractivity contribution in [1.82, 2.24) is 9.80 Å². The van der Waals surface area contributed by atoms with Crippen molar-refractivity contribution >= 4 is 11.8 Å². The van der Waals surface area contributed by atoms with Crippen LogP contribution in [0.5, 0.6) is 0 Å². The predicted octanol–water partition coefficient (Wildman–Crippen LogP) is 2.02. The minimum Gasteiger partial charge on any atom is -0.329 e. The zero-order valence-electron chi connectivity index (χ0n) is 12.9. The molecule has 4 heteroatoms. The van der Waals surface area contributed by atoms with Gasteiger partial charge in [0.05, 0.1) is 0 Å². The van der Waals surface area contributed by atoms with Crippen LogP contribution in [-0.4, -0.2) is 66.1 Å². The zero-order valence-corrected chi connectivity index (χ0v) is 13.7. The molecule has 0 bridgehead atoms. The number of nitrogens with zero attached hydrogens (tertiary/aromatic N) is 2. The smallest absolute Gasteiger partial charge is 0.0498 e. The number of fused-ring (bicyclic) bond motifs is 1. The Hall–Kier alpha value is 0.230. The Bertz CT molecular complexity index is 287. The van der Waals surface area contributed by atoms with Crippen molar-refractivity contribution in [3.63, 3.8) is 0 Å². The summed E-state index contributed by atoms with van der Waals surface area (Å²) in [6, 6.07) is 1.34. The average Bonchev–Trinajstić information content (AvgIpc) is 2.84. The first-order valence-electron chi connectivity index (χ1n) is 7.81. The fraction of sp³-hybridized carbons (Fsp3) is 1.00. The van der Waals surface area contributed by atoms with Gasteiger partial charge in [-0.25, -0.2) is 0 Å². The monoisotopic (exact) mass is 285 g/mol. The third-order valence-electron chi connectivity index (χ3n) is 5.52. The molecule has 0 radical (unpaired) electrons. The minimum absolute atomic E-state index is 0.234. The maximum absolute atomic E-state index is 6.27. The zero-order chi connectivity index (χ0) is 13.9. The highest BCUT2D eigenvalue weighted by Crippen LogP contribution is 2.39. The topological polar surface area (TPSA) is 32.5 Å². The molecular formula is C15H31N3S. The molecule has 112 valence electrons. The number of rotatable bonds is 6. The van der Waals surface area contributed by atoms with Crippen molar-refractivity contribution in [3.05, 3.63) is 0 Å². The van der Waals surface area contributed by atoms with Gasteiger partial charge >= 0.3 is 0 Å². The second-order valence-electron chi connectivity index (χ2n) is 6.35. The Kier molecular flexibility index (Phi) is 5.58. The molecule has 2 fully saturated rings. The second kappa shape index (κ2) is 6.79. The van der Waals surface area contributed by atoms with Crippen LogP contribution in [0.3, 0.4) is 0 Å². The first-order chi connectivity index (χ1) is 9.15. The largest absolute Gasteiger partial charge is 0.329 e. The van der Waals surface area contributed by atoms with Crippen LogP contribution in [0.4, 0.5) is 0 Å². The summed E-state index contributed by atoms with van der Waals surface area (Å²) in [5.74, 6) is 1.25. The van der Waals surface area contributed by atoms with E-state index in [1.165, 1.54) is 50.9 Å². The molecule has 0 aromatic rings. The number of thioether (sulfide) groups is 1. The lowest BCUT2D eigenvalue weighted by molar-refractivity contribution is 0.0309. The molecule has 0 spiro atoms. The van der Waals surface area contributed by atoms with Gasteiger partial charge in [0.2, 0.25) is 0 Å². The summed E-state index contributed by atoms with van der Waals surface area (Å²) >= 11 is 1.95. The molecule has 2 saturated heterocycles. The van der Waals surface area contributed by atoms with Crippen molar-refractivity contribution in [2.75, 3.05) is 38.7 Å². The van der Waals surface area contributed by atoms with E-state index in [0.29, 0.717) is 12.1 Å². The van der Waals surface area contributed by atoms with Crippen LogP contribution in [0.1, 0.15) is 39.0 Å². The molecule has 0 saturated carbocycles. The van der Waals surface area contributed by atoms with Crippen LogP contribution >= 0.6 is 11.8 Å². The molecule has 3 atom stereocenters. The highest BCUT2D eigenvalue weighted by atomic mass is 32.2. The fourth-order valence-corrected chi connectivity index (χ4v) is 4.66. The maximum atomic E-state index is 6.27. The molecule has 3 unspecified atom stereocenters. The molecule has 3 nitrogen and oxygen atoms in total. The van der Waals surface area contributed by atoms with Gasteiger partial charge in [0.15, 0.2) is 0 Å². The fourth-order valence-electron chi connectivity index (χ4n) is 4.09. The van der Waals surface area contributed by atoms with Crippen molar-refractivity contribution in [2.24, 2.45) is 5.73 Å². The van der Waals surface area contributed by atoms with Gasteiger partial charge in [0.1, 0.15) is 0 Å². The van der Waals surface area contributed by atoms with Crippen LogP contribution < -0.4 is 5.73 Å². The van der Waals surface area contributed by atoms with E-state index in [0.717, 1.165) is 6.54 Å². The van der Waals surface area contributed by atoms with Gasteiger partial charge in [-0.2, -0.15) is 11.8 Å². The summed E-state index contributed by atoms with van der Waals surface area (Å²) in [5.41, 5.74) is 6.50. The van der Waals surface area contributed by atoms with Crippen molar-refractivity contribution in [3.8, 4) is 0 Å². The Morgan fingerprint density at radius 1 is 1.42 bits per heavy atom. The van der Waals surface area contributed by atoms with Crippen molar-refractivity contribution in [1.29, 1.82) is 0 Å². The van der Waals surface area contributed by atoms with Gasteiger partial charge in [-0.3, -0.25) is 9.80 Å². The van der Waals surface area contributed by atoms with E-state index in [9.17, 15) is 0 Å². The summed E-state index contributed by atoms with van der Waals surface area (Å²) in [6.07, 6.45) is 8.83. The van der Waals surface area contributed by atoms with Crippen LogP contribution in [-0.2, 0) is 0 Å². The summed E-state index contributed by atoms with van der Waals surface area (Å²) in [5, 5.41) is 0. The van der Waals surface area contributed by atoms with E-state index >= 15 is 0 Å². The van der Waals surface area contributed by atoms with Crippen LogP contribution in [0, 0.1) is 0 Å². The lowest BCUT2D eigenvalue weighted by Gasteiger charge is -2.48. The summed E-state index contributed by atoms with van der Waals surface area (Å²) in [7, 11) is 2.32.